The van der Waals surface area contributed by atoms with Gasteiger partial charge in [-0.05, 0) is 36.8 Å². The Morgan fingerprint density at radius 3 is 2.23 bits per heavy atom. The third-order valence-corrected chi connectivity index (χ3v) is 3.75. The molecule has 0 aromatic heterocycles. The van der Waals surface area contributed by atoms with Gasteiger partial charge in [0.15, 0.2) is 23.1 Å². The monoisotopic (exact) mass is 298 g/mol. The van der Waals surface area contributed by atoms with Crippen molar-refractivity contribution in [1.82, 2.24) is 0 Å². The van der Waals surface area contributed by atoms with Gasteiger partial charge in [0.25, 0.3) is 0 Å². The van der Waals surface area contributed by atoms with E-state index in [0.29, 0.717) is 5.75 Å². The topological polar surface area (TPSA) is 72.8 Å². The predicted octanol–water partition coefficient (Wildman–Crippen LogP) is 2.49. The molecule has 2 aromatic rings. The molecule has 0 spiro atoms. The Bertz CT molecular complexity index is 820. The van der Waals surface area contributed by atoms with Crippen LogP contribution in [0.1, 0.15) is 37.4 Å². The van der Waals surface area contributed by atoms with Crippen LogP contribution in [0.4, 0.5) is 0 Å². The number of phenols is 1. The fourth-order valence-electron chi connectivity index (χ4n) is 2.79. The van der Waals surface area contributed by atoms with Gasteiger partial charge in [-0.25, -0.2) is 0 Å². The summed E-state index contributed by atoms with van der Waals surface area (Å²) in [7, 11) is 2.80. The lowest BCUT2D eigenvalue weighted by atomic mass is 9.82. The predicted molar refractivity (Wildman–Crippen MR) is 79.3 cm³/mol. The van der Waals surface area contributed by atoms with Crippen molar-refractivity contribution in [2.45, 2.75) is 6.92 Å². The smallest absolute Gasteiger partial charge is 0.198 e. The van der Waals surface area contributed by atoms with E-state index in [1.165, 1.54) is 26.4 Å². The van der Waals surface area contributed by atoms with E-state index >= 15 is 0 Å². The van der Waals surface area contributed by atoms with E-state index in [2.05, 4.69) is 0 Å². The number of methoxy groups -OCH3 is 2. The molecule has 5 nitrogen and oxygen atoms in total. The molecule has 0 atom stereocenters. The zero-order valence-electron chi connectivity index (χ0n) is 12.4. The fraction of sp³-hybridized carbons (Fsp3) is 0.176. The molecular formula is C17H14O5. The molecule has 0 bridgehead atoms. The second-order valence-corrected chi connectivity index (χ2v) is 5.09. The molecule has 3 rings (SSSR count). The first-order chi connectivity index (χ1) is 10.5. The number of carbonyl (C=O) groups excluding carboxylic acids is 2. The van der Waals surface area contributed by atoms with Gasteiger partial charge in [-0.1, -0.05) is 0 Å². The number of phenolic OH excluding ortho intramolecular Hbond substituents is 1. The van der Waals surface area contributed by atoms with Gasteiger partial charge in [0.05, 0.1) is 25.3 Å². The van der Waals surface area contributed by atoms with E-state index in [4.69, 9.17) is 9.47 Å². The lowest BCUT2D eigenvalue weighted by Crippen LogP contribution is -2.22. The molecule has 1 N–H and O–H groups in total. The number of aryl methyl sites for hydroxylation is 1. The zero-order valence-corrected chi connectivity index (χ0v) is 12.4. The summed E-state index contributed by atoms with van der Waals surface area (Å²) in [5, 5.41) is 9.86. The zero-order chi connectivity index (χ0) is 16.0. The highest BCUT2D eigenvalue weighted by Crippen LogP contribution is 2.41. The molecule has 0 saturated carbocycles. The van der Waals surface area contributed by atoms with E-state index < -0.39 is 0 Å². The second-order valence-electron chi connectivity index (χ2n) is 5.09. The molecule has 0 radical (unpaired) electrons. The first-order valence-corrected chi connectivity index (χ1v) is 6.67. The molecule has 22 heavy (non-hydrogen) atoms. The number of hydrogen-bond acceptors (Lipinski definition) is 5. The van der Waals surface area contributed by atoms with Gasteiger partial charge in [0, 0.05) is 11.1 Å². The highest BCUT2D eigenvalue weighted by Gasteiger charge is 2.35. The van der Waals surface area contributed by atoms with Crippen LogP contribution in [-0.2, 0) is 0 Å². The number of fused-ring (bicyclic) bond motifs is 2. The van der Waals surface area contributed by atoms with Crippen molar-refractivity contribution in [2.75, 3.05) is 14.2 Å². The molecular weight excluding hydrogens is 284 g/mol. The summed E-state index contributed by atoms with van der Waals surface area (Å²) in [4.78, 5) is 25.6. The quantitative estimate of drug-likeness (QED) is 0.787. The maximum atomic E-state index is 12.8. The van der Waals surface area contributed by atoms with Gasteiger partial charge >= 0.3 is 0 Å². The van der Waals surface area contributed by atoms with Crippen molar-refractivity contribution in [3.05, 3.63) is 52.1 Å². The minimum absolute atomic E-state index is 0.0157. The number of benzene rings is 2. The fourth-order valence-corrected chi connectivity index (χ4v) is 2.79. The average molecular weight is 298 g/mol. The Kier molecular flexibility index (Phi) is 3.13. The summed E-state index contributed by atoms with van der Waals surface area (Å²) in [6.07, 6.45) is 0. The molecule has 1 aliphatic carbocycles. The number of aromatic hydroxyl groups is 1. The van der Waals surface area contributed by atoms with Crippen LogP contribution in [0.3, 0.4) is 0 Å². The van der Waals surface area contributed by atoms with Gasteiger partial charge in [0.2, 0.25) is 0 Å². The summed E-state index contributed by atoms with van der Waals surface area (Å²) >= 11 is 0. The van der Waals surface area contributed by atoms with Crippen molar-refractivity contribution >= 4 is 11.6 Å². The Morgan fingerprint density at radius 2 is 1.59 bits per heavy atom. The van der Waals surface area contributed by atoms with E-state index in [9.17, 15) is 14.7 Å². The molecule has 5 heteroatoms. The second kappa shape index (κ2) is 4.87. The van der Waals surface area contributed by atoms with E-state index in [1.807, 2.05) is 6.92 Å². The van der Waals surface area contributed by atoms with E-state index in [1.54, 1.807) is 12.1 Å². The van der Waals surface area contributed by atoms with E-state index in [-0.39, 0.29) is 45.3 Å². The van der Waals surface area contributed by atoms with Crippen LogP contribution in [0.25, 0.3) is 0 Å². The van der Waals surface area contributed by atoms with E-state index in [0.717, 1.165) is 5.56 Å². The first kappa shape index (κ1) is 14.1. The number of ketones is 2. The average Bonchev–Trinajstić information content (AvgIpc) is 2.51. The van der Waals surface area contributed by atoms with Crippen molar-refractivity contribution in [1.29, 1.82) is 0 Å². The maximum absolute atomic E-state index is 12.8. The Hall–Kier alpha value is -2.82. The van der Waals surface area contributed by atoms with Crippen molar-refractivity contribution in [3.8, 4) is 17.2 Å². The molecule has 2 aromatic carbocycles. The number of ether oxygens (including phenoxy) is 2. The molecule has 0 amide bonds. The molecule has 0 unspecified atom stereocenters. The van der Waals surface area contributed by atoms with Crippen LogP contribution in [0.2, 0.25) is 0 Å². The minimum atomic E-state index is -0.362. The van der Waals surface area contributed by atoms with Crippen LogP contribution in [0.15, 0.2) is 24.3 Å². The highest BCUT2D eigenvalue weighted by atomic mass is 16.5. The lowest BCUT2D eigenvalue weighted by molar-refractivity contribution is 0.0973. The van der Waals surface area contributed by atoms with Crippen LogP contribution < -0.4 is 9.47 Å². The summed E-state index contributed by atoms with van der Waals surface area (Å²) in [6.45, 7) is 1.82. The third-order valence-electron chi connectivity index (χ3n) is 3.75. The molecule has 0 heterocycles. The van der Waals surface area contributed by atoms with Crippen LogP contribution in [0, 0.1) is 6.92 Å². The Morgan fingerprint density at radius 1 is 0.909 bits per heavy atom. The molecule has 112 valence electrons. The third kappa shape index (κ3) is 1.79. The highest BCUT2D eigenvalue weighted by molar-refractivity contribution is 6.30. The number of rotatable bonds is 2. The van der Waals surface area contributed by atoms with Crippen molar-refractivity contribution < 1.29 is 24.2 Å². The van der Waals surface area contributed by atoms with Crippen molar-refractivity contribution in [2.24, 2.45) is 0 Å². The summed E-state index contributed by atoms with van der Waals surface area (Å²) in [6, 6.07) is 6.13. The minimum Gasteiger partial charge on any atom is -0.504 e. The molecule has 0 aliphatic heterocycles. The summed E-state index contributed by atoms with van der Waals surface area (Å²) < 4.78 is 10.4. The standard InChI is InChI=1S/C17H14O5/c1-8-6-10-13(12(7-8)21-2)15(19)9-4-5-11(18)17(22-3)14(9)16(10)20/h4-7,18H,1-3H3. The lowest BCUT2D eigenvalue weighted by Gasteiger charge is -2.22. The summed E-state index contributed by atoms with van der Waals surface area (Å²) in [5.74, 6) is -0.474. The molecule has 0 saturated heterocycles. The normalized spacial score (nSPS) is 12.7. The van der Waals surface area contributed by atoms with Gasteiger partial charge in [-0.15, -0.1) is 0 Å². The largest absolute Gasteiger partial charge is 0.504 e. The maximum Gasteiger partial charge on any atom is 0.198 e. The summed E-state index contributed by atoms with van der Waals surface area (Å²) in [5.41, 5.74) is 1.61. The molecule has 1 aliphatic rings. The SMILES string of the molecule is COc1cc(C)cc2c1C(=O)c1ccc(O)c(OC)c1C2=O. The Balaban J connectivity index is 2.37. The first-order valence-electron chi connectivity index (χ1n) is 6.67. The molecule has 0 fully saturated rings. The number of carbonyl (C=O) groups is 2. The van der Waals surface area contributed by atoms with Gasteiger partial charge in [-0.3, -0.25) is 9.59 Å². The van der Waals surface area contributed by atoms with Crippen molar-refractivity contribution in [3.63, 3.8) is 0 Å². The van der Waals surface area contributed by atoms with Gasteiger partial charge in [-0.2, -0.15) is 0 Å². The van der Waals surface area contributed by atoms with Crippen LogP contribution >= 0.6 is 0 Å². The van der Waals surface area contributed by atoms with Crippen LogP contribution in [-0.4, -0.2) is 30.9 Å². The van der Waals surface area contributed by atoms with Gasteiger partial charge in [0.1, 0.15) is 5.75 Å². The van der Waals surface area contributed by atoms with Gasteiger partial charge < -0.3 is 14.6 Å². The Labute approximate surface area is 127 Å². The number of hydrogen-bond donors (Lipinski definition) is 1. The van der Waals surface area contributed by atoms with Crippen LogP contribution in [0.5, 0.6) is 17.2 Å².